The van der Waals surface area contributed by atoms with Gasteiger partial charge in [-0.2, -0.15) is 31.4 Å². The van der Waals surface area contributed by atoms with Crippen LogP contribution in [0.15, 0.2) is 97.2 Å². The Morgan fingerprint density at radius 2 is 1.36 bits per heavy atom. The normalized spacial score (nSPS) is 11.8. The zero-order valence-corrected chi connectivity index (χ0v) is 23.1. The molecule has 0 saturated heterocycles. The van der Waals surface area contributed by atoms with Gasteiger partial charge in [-0.25, -0.2) is 14.5 Å². The summed E-state index contributed by atoms with van der Waals surface area (Å²) in [5.41, 5.74) is 1.29. The highest BCUT2D eigenvalue weighted by atomic mass is 19.4. The Labute approximate surface area is 252 Å². The number of ether oxygens (including phenoxy) is 2. The van der Waals surface area contributed by atoms with Crippen LogP contribution in [0.2, 0.25) is 0 Å². The van der Waals surface area contributed by atoms with Crippen LogP contribution in [0.1, 0.15) is 27.9 Å². The molecule has 5 rings (SSSR count). The molecule has 0 spiro atoms. The summed E-state index contributed by atoms with van der Waals surface area (Å²) in [7, 11) is 0. The van der Waals surface area contributed by atoms with Crippen LogP contribution in [0.25, 0.3) is 17.1 Å². The second-order valence-electron chi connectivity index (χ2n) is 9.81. The molecule has 2 heterocycles. The van der Waals surface area contributed by atoms with Crippen molar-refractivity contribution in [3.8, 4) is 28.6 Å². The highest BCUT2D eigenvalue weighted by Gasteiger charge is 2.41. The van der Waals surface area contributed by atoms with E-state index in [0.717, 1.165) is 28.8 Å². The van der Waals surface area contributed by atoms with E-state index >= 15 is 0 Å². The van der Waals surface area contributed by atoms with Crippen molar-refractivity contribution in [2.24, 2.45) is 0 Å². The molecule has 0 radical (unpaired) electrons. The maximum atomic E-state index is 13.8. The number of rotatable bonds is 9. The lowest BCUT2D eigenvalue weighted by molar-refractivity contribution is -0.144. The van der Waals surface area contributed by atoms with Gasteiger partial charge in [-0.05, 0) is 65.9 Å². The highest BCUT2D eigenvalue weighted by Crippen LogP contribution is 2.38. The number of alkyl halides is 6. The van der Waals surface area contributed by atoms with Gasteiger partial charge < -0.3 is 14.6 Å². The Hall–Kier alpha value is -5.33. The topological polar surface area (TPSA) is 86.5 Å². The molecular weight excluding hydrogens is 604 g/mol. The molecule has 0 saturated carbocycles. The van der Waals surface area contributed by atoms with Crippen LogP contribution < -0.4 is 9.47 Å². The number of halogens is 6. The smallest absolute Gasteiger partial charge is 0.488 e. The SMILES string of the molecule is O=C(O)Oc1cnn(-c2cccc(-c3ccccc3OCc3ccc(CCc4ccc(C(F)(F)F)cc4)cc3)n2)c1C(F)(F)F. The van der Waals surface area contributed by atoms with Gasteiger partial charge in [-0.15, -0.1) is 0 Å². The Kier molecular flexibility index (Phi) is 8.80. The maximum Gasteiger partial charge on any atom is 0.511 e. The van der Waals surface area contributed by atoms with Crippen LogP contribution in [0, 0.1) is 0 Å². The molecular formula is C32H23F6N3O4. The number of aromatic nitrogens is 3. The number of carbonyl (C=O) groups is 1. The van der Waals surface area contributed by atoms with E-state index in [1.165, 1.54) is 24.3 Å². The van der Waals surface area contributed by atoms with Crippen molar-refractivity contribution in [2.45, 2.75) is 31.8 Å². The molecule has 2 aromatic heterocycles. The number of hydrogen-bond donors (Lipinski definition) is 1. The average molecular weight is 628 g/mol. The van der Waals surface area contributed by atoms with Gasteiger partial charge >= 0.3 is 18.5 Å². The Balaban J connectivity index is 1.28. The van der Waals surface area contributed by atoms with Gasteiger partial charge in [-0.3, -0.25) is 0 Å². The Morgan fingerprint density at radius 3 is 1.98 bits per heavy atom. The van der Waals surface area contributed by atoms with Crippen LogP contribution in [0.4, 0.5) is 31.1 Å². The molecule has 1 N–H and O–H groups in total. The predicted octanol–water partition coefficient (Wildman–Crippen LogP) is 8.39. The van der Waals surface area contributed by atoms with Crippen LogP contribution in [-0.4, -0.2) is 26.0 Å². The molecule has 5 aromatic rings. The first kappa shape index (κ1) is 31.1. The molecule has 45 heavy (non-hydrogen) atoms. The van der Waals surface area contributed by atoms with Gasteiger partial charge in [0.05, 0.1) is 17.5 Å². The summed E-state index contributed by atoms with van der Waals surface area (Å²) in [6.45, 7) is 0.170. The molecule has 0 atom stereocenters. The van der Waals surface area contributed by atoms with Gasteiger partial charge in [0.15, 0.2) is 17.3 Å². The number of aryl methyl sites for hydroxylation is 2. The van der Waals surface area contributed by atoms with Crippen LogP contribution in [0.3, 0.4) is 0 Å². The summed E-state index contributed by atoms with van der Waals surface area (Å²) in [6, 6.07) is 23.8. The van der Waals surface area contributed by atoms with Crippen molar-refractivity contribution in [3.63, 3.8) is 0 Å². The quantitative estimate of drug-likeness (QED) is 0.131. The van der Waals surface area contributed by atoms with E-state index in [1.807, 2.05) is 24.3 Å². The van der Waals surface area contributed by atoms with Crippen molar-refractivity contribution < 1.29 is 45.7 Å². The predicted molar refractivity (Wildman–Crippen MR) is 150 cm³/mol. The number of carboxylic acid groups (broad SMARTS) is 1. The molecule has 13 heteroatoms. The average Bonchev–Trinajstić information content (AvgIpc) is 3.43. The minimum Gasteiger partial charge on any atom is -0.488 e. The van der Waals surface area contributed by atoms with E-state index in [0.29, 0.717) is 35.0 Å². The molecule has 0 aliphatic rings. The van der Waals surface area contributed by atoms with Crippen LogP contribution >= 0.6 is 0 Å². The Morgan fingerprint density at radius 1 is 0.733 bits per heavy atom. The van der Waals surface area contributed by atoms with E-state index in [1.54, 1.807) is 30.3 Å². The van der Waals surface area contributed by atoms with Gasteiger partial charge in [0.2, 0.25) is 0 Å². The first-order chi connectivity index (χ1) is 21.4. The van der Waals surface area contributed by atoms with Gasteiger partial charge in [0, 0.05) is 5.56 Å². The monoisotopic (exact) mass is 627 g/mol. The molecule has 0 fully saturated rings. The van der Waals surface area contributed by atoms with Crippen molar-refractivity contribution in [1.82, 2.24) is 14.8 Å². The van der Waals surface area contributed by atoms with Crippen LogP contribution in [-0.2, 0) is 31.8 Å². The fourth-order valence-electron chi connectivity index (χ4n) is 4.54. The van der Waals surface area contributed by atoms with Crippen molar-refractivity contribution in [1.29, 1.82) is 0 Å². The minimum atomic E-state index is -4.99. The largest absolute Gasteiger partial charge is 0.511 e. The molecule has 0 aliphatic carbocycles. The zero-order chi connectivity index (χ0) is 32.2. The molecule has 0 unspecified atom stereocenters. The number of hydrogen-bond acceptors (Lipinski definition) is 5. The Bertz CT molecular complexity index is 1780. The van der Waals surface area contributed by atoms with E-state index in [4.69, 9.17) is 9.84 Å². The standard InChI is InChI=1S/C32H23F6N3O4/c33-31(34,35)23-16-14-21(15-17-23)9-8-20-10-12-22(13-11-20)19-44-26-6-2-1-4-24(26)25-5-3-7-28(40-25)41-29(32(36,37)38)27(18-39-41)45-30(42)43/h1-7,10-18H,8-9,19H2,(H,42,43). The van der Waals surface area contributed by atoms with E-state index in [9.17, 15) is 31.1 Å². The first-order valence-electron chi connectivity index (χ1n) is 13.4. The zero-order valence-electron chi connectivity index (χ0n) is 23.1. The molecule has 0 bridgehead atoms. The number of pyridine rings is 1. The summed E-state index contributed by atoms with van der Waals surface area (Å²) in [5, 5.41) is 12.5. The third kappa shape index (κ3) is 7.61. The summed E-state index contributed by atoms with van der Waals surface area (Å²) >= 11 is 0. The third-order valence-corrected chi connectivity index (χ3v) is 6.72. The minimum absolute atomic E-state index is 0.170. The van der Waals surface area contributed by atoms with Gasteiger partial charge in [-0.1, -0.05) is 54.6 Å². The number of para-hydroxylation sites is 1. The van der Waals surface area contributed by atoms with E-state index < -0.39 is 35.5 Å². The molecule has 0 aliphatic heterocycles. The maximum absolute atomic E-state index is 13.8. The molecule has 232 valence electrons. The second kappa shape index (κ2) is 12.7. The molecule has 7 nitrogen and oxygen atoms in total. The third-order valence-electron chi connectivity index (χ3n) is 6.72. The van der Waals surface area contributed by atoms with E-state index in [-0.39, 0.29) is 18.1 Å². The van der Waals surface area contributed by atoms with Crippen LogP contribution in [0.5, 0.6) is 11.5 Å². The highest BCUT2D eigenvalue weighted by molar-refractivity contribution is 5.68. The van der Waals surface area contributed by atoms with E-state index in [2.05, 4.69) is 14.8 Å². The van der Waals surface area contributed by atoms with Crippen molar-refractivity contribution in [3.05, 3.63) is 125 Å². The lowest BCUT2D eigenvalue weighted by Gasteiger charge is -2.14. The lowest BCUT2D eigenvalue weighted by Crippen LogP contribution is -2.17. The van der Waals surface area contributed by atoms with Gasteiger partial charge in [0.1, 0.15) is 12.4 Å². The molecule has 0 amide bonds. The fourth-order valence-corrected chi connectivity index (χ4v) is 4.54. The summed E-state index contributed by atoms with van der Waals surface area (Å²) in [4.78, 5) is 15.2. The first-order valence-corrected chi connectivity index (χ1v) is 13.4. The molecule has 3 aromatic carbocycles. The van der Waals surface area contributed by atoms with Gasteiger partial charge in [0.25, 0.3) is 0 Å². The van der Waals surface area contributed by atoms with Crippen molar-refractivity contribution in [2.75, 3.05) is 0 Å². The summed E-state index contributed by atoms with van der Waals surface area (Å²) < 4.78 is 90.5. The summed E-state index contributed by atoms with van der Waals surface area (Å²) in [5.74, 6) is -0.779. The lowest BCUT2D eigenvalue weighted by atomic mass is 10.0. The number of nitrogens with zero attached hydrogens (tertiary/aromatic N) is 3. The van der Waals surface area contributed by atoms with Crippen molar-refractivity contribution >= 4 is 6.16 Å². The fraction of sp³-hybridized carbons (Fsp3) is 0.156. The summed E-state index contributed by atoms with van der Waals surface area (Å²) in [6.07, 6.45) is -9.41. The number of benzene rings is 3. The second-order valence-corrected chi connectivity index (χ2v) is 9.81.